The molecule has 0 aliphatic rings. The predicted octanol–water partition coefficient (Wildman–Crippen LogP) is 5.69. The molecule has 0 fully saturated rings. The minimum absolute atomic E-state index is 0.247. The first kappa shape index (κ1) is 28.6. The highest BCUT2D eigenvalue weighted by atomic mass is 16.6. The average Bonchev–Trinajstić information content (AvgIpc) is 3.01. The third-order valence-electron chi connectivity index (χ3n) is 6.41. The van der Waals surface area contributed by atoms with Crippen LogP contribution >= 0.6 is 0 Å². The summed E-state index contributed by atoms with van der Waals surface area (Å²) in [6.45, 7) is 0.405. The number of para-hydroxylation sites is 3. The molecule has 0 radical (unpaired) electrons. The van der Waals surface area contributed by atoms with E-state index in [1.165, 1.54) is 14.2 Å². The van der Waals surface area contributed by atoms with Crippen LogP contribution in [-0.2, 0) is 30.4 Å². The SMILES string of the molecule is COC(=O)COc1ccccc1C(CC(CCOCc1ccc2ccccc2n1)C(=O)OC)Oc1ccccc1. The second-order valence-corrected chi connectivity index (χ2v) is 9.11. The Morgan fingerprint density at radius 3 is 2.38 bits per heavy atom. The quantitative estimate of drug-likeness (QED) is 0.148. The number of aromatic nitrogens is 1. The van der Waals surface area contributed by atoms with E-state index >= 15 is 0 Å². The topological polar surface area (TPSA) is 93.2 Å². The maximum absolute atomic E-state index is 12.8. The molecule has 0 spiro atoms. The molecule has 8 heteroatoms. The molecule has 1 aromatic heterocycles. The molecule has 8 nitrogen and oxygen atoms in total. The summed E-state index contributed by atoms with van der Waals surface area (Å²) in [5, 5.41) is 1.07. The van der Waals surface area contributed by atoms with Crippen molar-refractivity contribution in [3.8, 4) is 11.5 Å². The largest absolute Gasteiger partial charge is 0.486 e. The van der Waals surface area contributed by atoms with Crippen LogP contribution in [0.2, 0.25) is 0 Å². The van der Waals surface area contributed by atoms with E-state index in [0.717, 1.165) is 16.6 Å². The number of hydrogen-bond donors (Lipinski definition) is 0. The van der Waals surface area contributed by atoms with Crippen LogP contribution < -0.4 is 9.47 Å². The number of pyridine rings is 1. The van der Waals surface area contributed by atoms with Gasteiger partial charge in [-0.05, 0) is 36.8 Å². The molecular weight excluding hydrogens is 510 g/mol. The zero-order valence-electron chi connectivity index (χ0n) is 22.7. The fraction of sp³-hybridized carbons (Fsp3) is 0.281. The van der Waals surface area contributed by atoms with Crippen LogP contribution in [0.5, 0.6) is 11.5 Å². The van der Waals surface area contributed by atoms with Crippen LogP contribution in [0.4, 0.5) is 0 Å². The minimum atomic E-state index is -0.567. The number of methoxy groups -OCH3 is 2. The lowest BCUT2D eigenvalue weighted by Crippen LogP contribution is -2.24. The van der Waals surface area contributed by atoms with Crippen molar-refractivity contribution in [2.24, 2.45) is 5.92 Å². The van der Waals surface area contributed by atoms with Crippen molar-refractivity contribution in [3.63, 3.8) is 0 Å². The van der Waals surface area contributed by atoms with Crippen molar-refractivity contribution in [2.45, 2.75) is 25.6 Å². The van der Waals surface area contributed by atoms with Crippen LogP contribution in [0.3, 0.4) is 0 Å². The van der Waals surface area contributed by atoms with E-state index in [9.17, 15) is 9.59 Å². The number of nitrogens with zero attached hydrogens (tertiary/aromatic N) is 1. The number of esters is 2. The number of hydrogen-bond acceptors (Lipinski definition) is 8. The Morgan fingerprint density at radius 2 is 1.57 bits per heavy atom. The molecule has 0 N–H and O–H groups in total. The molecule has 2 atom stereocenters. The van der Waals surface area contributed by atoms with Gasteiger partial charge < -0.3 is 23.7 Å². The van der Waals surface area contributed by atoms with E-state index in [1.807, 2.05) is 84.9 Å². The van der Waals surface area contributed by atoms with Crippen molar-refractivity contribution in [1.82, 2.24) is 4.98 Å². The average molecular weight is 544 g/mol. The van der Waals surface area contributed by atoms with Crippen molar-refractivity contribution >= 4 is 22.8 Å². The Labute approximate surface area is 233 Å². The normalized spacial score (nSPS) is 12.3. The molecule has 0 bridgehead atoms. The van der Waals surface area contributed by atoms with Gasteiger partial charge in [0.25, 0.3) is 0 Å². The summed E-state index contributed by atoms with van der Waals surface area (Å²) in [6.07, 6.45) is 0.153. The van der Waals surface area contributed by atoms with E-state index in [4.69, 9.17) is 23.7 Å². The van der Waals surface area contributed by atoms with E-state index < -0.39 is 18.0 Å². The summed E-state index contributed by atoms with van der Waals surface area (Å²) in [4.78, 5) is 29.2. The number of carbonyl (C=O) groups is 2. The van der Waals surface area contributed by atoms with E-state index in [0.29, 0.717) is 43.1 Å². The van der Waals surface area contributed by atoms with Crippen molar-refractivity contribution in [2.75, 3.05) is 27.4 Å². The summed E-state index contributed by atoms with van der Waals surface area (Å²) < 4.78 is 27.9. The van der Waals surface area contributed by atoms with Gasteiger partial charge in [-0.25, -0.2) is 4.79 Å². The smallest absolute Gasteiger partial charge is 0.343 e. The van der Waals surface area contributed by atoms with Gasteiger partial charge in [0.15, 0.2) is 6.61 Å². The van der Waals surface area contributed by atoms with Crippen molar-refractivity contribution in [1.29, 1.82) is 0 Å². The van der Waals surface area contributed by atoms with E-state index in [-0.39, 0.29) is 12.6 Å². The van der Waals surface area contributed by atoms with Gasteiger partial charge in [-0.3, -0.25) is 9.78 Å². The summed E-state index contributed by atoms with van der Waals surface area (Å²) >= 11 is 0. The summed E-state index contributed by atoms with van der Waals surface area (Å²) in [5.41, 5.74) is 2.42. The van der Waals surface area contributed by atoms with E-state index in [2.05, 4.69) is 4.98 Å². The Morgan fingerprint density at radius 1 is 0.825 bits per heavy atom. The first-order valence-corrected chi connectivity index (χ1v) is 13.1. The molecule has 0 amide bonds. The van der Waals surface area contributed by atoms with Crippen LogP contribution in [0.1, 0.15) is 30.2 Å². The lowest BCUT2D eigenvalue weighted by Gasteiger charge is -2.25. The van der Waals surface area contributed by atoms with Crippen LogP contribution in [0.25, 0.3) is 10.9 Å². The monoisotopic (exact) mass is 543 g/mol. The Bertz CT molecular complexity index is 1390. The molecule has 0 saturated carbocycles. The van der Waals surface area contributed by atoms with Crippen molar-refractivity contribution < 1.29 is 33.3 Å². The van der Waals surface area contributed by atoms with Gasteiger partial charge in [-0.1, -0.05) is 60.7 Å². The Balaban J connectivity index is 1.47. The molecule has 40 heavy (non-hydrogen) atoms. The van der Waals surface area contributed by atoms with Crippen LogP contribution in [-0.4, -0.2) is 44.4 Å². The minimum Gasteiger partial charge on any atom is -0.486 e. The van der Waals surface area contributed by atoms with Gasteiger partial charge in [0.1, 0.15) is 17.6 Å². The molecule has 0 aliphatic carbocycles. The first-order valence-electron chi connectivity index (χ1n) is 13.1. The highest BCUT2D eigenvalue weighted by Crippen LogP contribution is 2.35. The summed E-state index contributed by atoms with van der Waals surface area (Å²) in [6, 6.07) is 28.5. The van der Waals surface area contributed by atoms with Gasteiger partial charge in [0, 0.05) is 24.0 Å². The molecule has 0 saturated heterocycles. The predicted molar refractivity (Wildman–Crippen MR) is 150 cm³/mol. The second kappa shape index (κ2) is 14.6. The highest BCUT2D eigenvalue weighted by Gasteiger charge is 2.28. The zero-order chi connectivity index (χ0) is 28.2. The fourth-order valence-electron chi connectivity index (χ4n) is 4.32. The van der Waals surface area contributed by atoms with Gasteiger partial charge in [0.2, 0.25) is 0 Å². The van der Waals surface area contributed by atoms with Gasteiger partial charge in [-0.15, -0.1) is 0 Å². The molecule has 0 aliphatic heterocycles. The van der Waals surface area contributed by atoms with Gasteiger partial charge in [-0.2, -0.15) is 0 Å². The molecule has 1 heterocycles. The van der Waals surface area contributed by atoms with Gasteiger partial charge >= 0.3 is 11.9 Å². The lowest BCUT2D eigenvalue weighted by atomic mass is 9.93. The summed E-state index contributed by atoms with van der Waals surface area (Å²) in [7, 11) is 2.67. The molecule has 3 aromatic carbocycles. The Hall–Kier alpha value is -4.43. The highest BCUT2D eigenvalue weighted by molar-refractivity contribution is 5.78. The number of carbonyl (C=O) groups excluding carboxylic acids is 2. The third-order valence-corrected chi connectivity index (χ3v) is 6.41. The number of benzene rings is 3. The zero-order valence-corrected chi connectivity index (χ0v) is 22.7. The molecule has 2 unspecified atom stereocenters. The number of fused-ring (bicyclic) bond motifs is 1. The third kappa shape index (κ3) is 8.04. The fourth-order valence-corrected chi connectivity index (χ4v) is 4.32. The Kier molecular flexibility index (Phi) is 10.5. The standard InChI is InChI=1S/C32H33NO7/c1-36-31(34)22-39-29-15-9-7-13-27(29)30(40-26-11-4-3-5-12-26)20-24(32(35)37-2)18-19-38-21-25-17-16-23-10-6-8-14-28(23)33-25/h3-17,24,30H,18-22H2,1-2H3. The van der Waals surface area contributed by atoms with Crippen LogP contribution in [0.15, 0.2) is 91.0 Å². The number of ether oxygens (including phenoxy) is 5. The molecule has 208 valence electrons. The summed E-state index contributed by atoms with van der Waals surface area (Å²) in [5.74, 6) is -0.270. The maximum Gasteiger partial charge on any atom is 0.343 e. The first-order chi connectivity index (χ1) is 19.6. The maximum atomic E-state index is 12.8. The van der Waals surface area contributed by atoms with Crippen LogP contribution in [0, 0.1) is 5.92 Å². The second-order valence-electron chi connectivity index (χ2n) is 9.11. The van der Waals surface area contributed by atoms with Crippen molar-refractivity contribution in [3.05, 3.63) is 102 Å². The molecule has 4 rings (SSSR count). The molecule has 4 aromatic rings. The van der Waals surface area contributed by atoms with E-state index in [1.54, 1.807) is 6.07 Å². The molecular formula is C32H33NO7. The lowest BCUT2D eigenvalue weighted by molar-refractivity contribution is -0.147. The van der Waals surface area contributed by atoms with Gasteiger partial charge in [0.05, 0.1) is 38.0 Å². The number of rotatable bonds is 14.